The number of allylic oxidation sites excluding steroid dienone is 4. The summed E-state index contributed by atoms with van der Waals surface area (Å²) < 4.78 is 0. The van der Waals surface area contributed by atoms with Crippen molar-refractivity contribution in [2.45, 2.75) is 85.5 Å². The number of hydrogen-bond acceptors (Lipinski definition) is 8. The first kappa shape index (κ1) is 45.6. The molecule has 346 valence electrons. The zero-order chi connectivity index (χ0) is 48.6. The molecule has 3 atom stereocenters. The van der Waals surface area contributed by atoms with Gasteiger partial charge < -0.3 is 40.9 Å². The minimum atomic E-state index is -0.908. The topological polar surface area (TPSA) is 162 Å². The molecular weight excluding hydrogens is 849 g/mol. The van der Waals surface area contributed by atoms with Crippen LogP contribution in [0.5, 0.6) is 46.0 Å². The van der Waals surface area contributed by atoms with E-state index in [0.717, 1.165) is 61.2 Å². The number of phenols is 8. The number of fused-ring (bicyclic) bond motifs is 8. The lowest BCUT2D eigenvalue weighted by Crippen LogP contribution is -2.15. The van der Waals surface area contributed by atoms with Crippen LogP contribution in [0.15, 0.2) is 126 Å². The molecule has 7 aromatic rings. The number of aromatic hydroxyl groups is 8. The van der Waals surface area contributed by atoms with Gasteiger partial charge in [0.2, 0.25) is 0 Å². The molecule has 8 nitrogen and oxygen atoms in total. The summed E-state index contributed by atoms with van der Waals surface area (Å²) in [6, 6.07) is 29.9. The minimum absolute atomic E-state index is 0.214. The van der Waals surface area contributed by atoms with Crippen LogP contribution in [0.2, 0.25) is 0 Å². The summed E-state index contributed by atoms with van der Waals surface area (Å²) in [6.45, 7) is 15.9. The van der Waals surface area contributed by atoms with Crippen molar-refractivity contribution in [3.8, 4) is 46.0 Å². The van der Waals surface area contributed by atoms with E-state index < -0.39 is 23.7 Å². The van der Waals surface area contributed by atoms with Crippen LogP contribution in [0.4, 0.5) is 0 Å². The molecule has 7 aromatic carbocycles. The van der Waals surface area contributed by atoms with E-state index in [1.807, 2.05) is 103 Å². The zero-order valence-electron chi connectivity index (χ0n) is 39.6. The van der Waals surface area contributed by atoms with Crippen LogP contribution in [0.25, 0.3) is 0 Å². The predicted octanol–water partition coefficient (Wildman–Crippen LogP) is 13.1. The monoisotopic (exact) mass is 906 g/mol. The summed E-state index contributed by atoms with van der Waals surface area (Å²) in [5.74, 6) is -5.36. The molecule has 0 heterocycles. The highest BCUT2D eigenvalue weighted by atomic mass is 16.3. The Morgan fingerprint density at radius 2 is 0.588 bits per heavy atom. The average Bonchev–Trinajstić information content (AvgIpc) is 3.25. The molecule has 0 amide bonds. The van der Waals surface area contributed by atoms with E-state index in [9.17, 15) is 40.9 Å². The van der Waals surface area contributed by atoms with Gasteiger partial charge in [-0.3, -0.25) is 0 Å². The van der Waals surface area contributed by atoms with E-state index >= 15 is 0 Å². The number of phenolic OH excluding ortho intramolecular Hbond substituents is 8. The van der Waals surface area contributed by atoms with Crippen LogP contribution >= 0.6 is 0 Å². The molecule has 0 radical (unpaired) electrons. The second-order valence-corrected chi connectivity index (χ2v) is 19.4. The molecule has 0 spiro atoms. The lowest BCUT2D eigenvalue weighted by Gasteiger charge is -2.32. The Kier molecular flexibility index (Phi) is 11.6. The summed E-state index contributed by atoms with van der Waals surface area (Å²) in [6.07, 6.45) is 4.93. The second kappa shape index (κ2) is 17.3. The summed E-state index contributed by atoms with van der Waals surface area (Å²) in [7, 11) is 0. The maximum Gasteiger partial charge on any atom is 0.123 e. The third-order valence-corrected chi connectivity index (χ3v) is 14.4. The first-order valence-corrected chi connectivity index (χ1v) is 23.1. The van der Waals surface area contributed by atoms with E-state index in [2.05, 4.69) is 19.1 Å². The fourth-order valence-electron chi connectivity index (χ4n) is 11.2. The molecule has 8 heteroatoms. The normalized spacial score (nSPS) is 19.0. The molecule has 0 aromatic heterocycles. The van der Waals surface area contributed by atoms with Gasteiger partial charge in [-0.25, -0.2) is 0 Å². The van der Waals surface area contributed by atoms with Gasteiger partial charge in [-0.15, -0.1) is 0 Å². The Balaban J connectivity index is 1.50. The van der Waals surface area contributed by atoms with Gasteiger partial charge in [-0.1, -0.05) is 95.9 Å². The summed E-state index contributed by atoms with van der Waals surface area (Å²) in [5.41, 5.74) is 12.2. The average molecular weight is 907 g/mol. The molecule has 0 saturated heterocycles. The Morgan fingerprint density at radius 1 is 0.324 bits per heavy atom. The molecule has 9 rings (SSSR count). The smallest absolute Gasteiger partial charge is 0.123 e. The number of hydrogen-bond donors (Lipinski definition) is 8. The zero-order valence-corrected chi connectivity index (χ0v) is 39.6. The summed E-state index contributed by atoms with van der Waals surface area (Å²) in [4.78, 5) is 0. The van der Waals surface area contributed by atoms with Crippen molar-refractivity contribution in [1.29, 1.82) is 0 Å². The van der Waals surface area contributed by atoms with Crippen molar-refractivity contribution < 1.29 is 40.9 Å². The molecule has 0 saturated carbocycles. The van der Waals surface area contributed by atoms with Crippen LogP contribution in [-0.4, -0.2) is 40.9 Å². The molecule has 8 N–H and O–H groups in total. The van der Waals surface area contributed by atoms with Gasteiger partial charge in [-0.05, 0) is 124 Å². The van der Waals surface area contributed by atoms with Gasteiger partial charge in [-0.2, -0.15) is 0 Å². The third-order valence-electron chi connectivity index (χ3n) is 14.4. The van der Waals surface area contributed by atoms with E-state index in [0.29, 0.717) is 50.9 Å². The fraction of sp³-hybridized carbons (Fsp3) is 0.233. The van der Waals surface area contributed by atoms with E-state index in [1.165, 1.54) is 24.3 Å². The van der Waals surface area contributed by atoms with Crippen molar-refractivity contribution in [2.75, 3.05) is 0 Å². The maximum absolute atomic E-state index is 12.2. The van der Waals surface area contributed by atoms with Crippen molar-refractivity contribution in [3.05, 3.63) is 221 Å². The van der Waals surface area contributed by atoms with Crippen LogP contribution in [0.1, 0.15) is 139 Å². The largest absolute Gasteiger partial charge is 0.507 e. The molecule has 0 aliphatic heterocycles. The van der Waals surface area contributed by atoms with Crippen LogP contribution < -0.4 is 0 Å². The lowest BCUT2D eigenvalue weighted by molar-refractivity contribution is 0.431. The van der Waals surface area contributed by atoms with Crippen molar-refractivity contribution >= 4 is 0 Å². The lowest BCUT2D eigenvalue weighted by atomic mass is 9.72. The summed E-state index contributed by atoms with van der Waals surface area (Å²) in [5, 5.41) is 97.6. The Bertz CT molecular complexity index is 3090. The molecule has 2 aliphatic carbocycles. The van der Waals surface area contributed by atoms with Crippen molar-refractivity contribution in [3.63, 3.8) is 0 Å². The first-order valence-electron chi connectivity index (χ1n) is 23.1. The molecule has 68 heavy (non-hydrogen) atoms. The SMILES string of the molecule is CC1=CC(C)CC=C1C1c2cc(c(O)cc2O)C(c2ccc(C)cc2C)c2cc(c(O)cc2O)C(c2ccc(C)cc2C)c2cc(c(O)cc2O)C(c2ccc(C)cc2C)c2cc1c(O)cc2O. The van der Waals surface area contributed by atoms with Crippen molar-refractivity contribution in [2.24, 2.45) is 5.92 Å². The van der Waals surface area contributed by atoms with E-state index in [4.69, 9.17) is 0 Å². The predicted molar refractivity (Wildman–Crippen MR) is 267 cm³/mol. The van der Waals surface area contributed by atoms with Gasteiger partial charge in [0, 0.05) is 92.4 Å². The van der Waals surface area contributed by atoms with Gasteiger partial charge in [0.05, 0.1) is 0 Å². The Morgan fingerprint density at radius 3 is 0.838 bits per heavy atom. The quantitative estimate of drug-likeness (QED) is 0.0866. The van der Waals surface area contributed by atoms with E-state index in [-0.39, 0.29) is 51.9 Å². The van der Waals surface area contributed by atoms with Crippen molar-refractivity contribution in [1.82, 2.24) is 0 Å². The second-order valence-electron chi connectivity index (χ2n) is 19.4. The molecule has 8 bridgehead atoms. The highest BCUT2D eigenvalue weighted by Gasteiger charge is 2.37. The maximum atomic E-state index is 12.2. The van der Waals surface area contributed by atoms with Gasteiger partial charge in [0.15, 0.2) is 0 Å². The van der Waals surface area contributed by atoms with Crippen LogP contribution in [-0.2, 0) is 0 Å². The van der Waals surface area contributed by atoms with Gasteiger partial charge in [0.1, 0.15) is 46.0 Å². The minimum Gasteiger partial charge on any atom is -0.507 e. The highest BCUT2D eigenvalue weighted by molar-refractivity contribution is 5.69. The van der Waals surface area contributed by atoms with Gasteiger partial charge in [0.25, 0.3) is 0 Å². The van der Waals surface area contributed by atoms with Gasteiger partial charge >= 0.3 is 0 Å². The summed E-state index contributed by atoms with van der Waals surface area (Å²) >= 11 is 0. The molecule has 2 aliphatic rings. The first-order chi connectivity index (χ1) is 32.3. The third kappa shape index (κ3) is 7.87. The van der Waals surface area contributed by atoms with Crippen LogP contribution in [0, 0.1) is 47.5 Å². The molecule has 0 fully saturated rings. The fourth-order valence-corrected chi connectivity index (χ4v) is 11.2. The van der Waals surface area contributed by atoms with E-state index in [1.54, 1.807) is 24.3 Å². The Hall–Kier alpha value is -7.58. The molecular formula is C60H58O8. The van der Waals surface area contributed by atoms with Crippen LogP contribution in [0.3, 0.4) is 0 Å². The molecule has 3 unspecified atom stereocenters. The highest BCUT2D eigenvalue weighted by Crippen LogP contribution is 2.55. The Labute approximate surface area is 397 Å². The number of rotatable bonds is 4. The number of aryl methyl sites for hydroxylation is 6. The number of benzene rings is 7. The standard InChI is InChI=1S/C60H58O8/c1-29-9-13-37(33(5)17-29)57-41-21-43(51(63)25-49(41)61)58(38-14-10-30(2)18-34(38)6)45-23-47(55(67)27-53(45)65)60(40-16-12-32(4)20-36(40)8)48-24-46(54(66)28-56(48)68)59(39-15-11-31(3)19-35(39)7)44-22-42(57)50(62)26-52(44)64/h9-11,13-28,32,57-68H,12H2,1-8H3.